The van der Waals surface area contributed by atoms with E-state index in [1.54, 1.807) is 0 Å². The van der Waals surface area contributed by atoms with Gasteiger partial charge in [0.2, 0.25) is 0 Å². The van der Waals surface area contributed by atoms with Gasteiger partial charge in [-0.3, -0.25) is 9.59 Å². The van der Waals surface area contributed by atoms with Gasteiger partial charge in [-0.1, -0.05) is 18.2 Å². The number of aliphatic carboxylic acids is 1. The summed E-state index contributed by atoms with van der Waals surface area (Å²) >= 11 is 0. The average molecular weight is 383 g/mol. The number of aromatic hydroxyl groups is 1. The summed E-state index contributed by atoms with van der Waals surface area (Å²) in [6.07, 6.45) is -4.25. The Labute approximate surface area is 151 Å². The molecule has 0 aliphatic rings. The van der Waals surface area contributed by atoms with Crippen LogP contribution in [0.25, 0.3) is 0 Å². The van der Waals surface area contributed by atoms with E-state index in [0.29, 0.717) is 5.56 Å². The number of halogens is 3. The van der Waals surface area contributed by atoms with Crippen molar-refractivity contribution in [2.45, 2.75) is 25.9 Å². The Balaban J connectivity index is 2.20. The second-order valence-corrected chi connectivity index (χ2v) is 5.69. The van der Waals surface area contributed by atoms with Crippen LogP contribution in [0.4, 0.5) is 13.2 Å². The highest BCUT2D eigenvalue weighted by molar-refractivity contribution is 5.96. The smallest absolute Gasteiger partial charge is 0.416 e. The first-order chi connectivity index (χ1) is 12.6. The number of rotatable bonds is 6. The van der Waals surface area contributed by atoms with Gasteiger partial charge in [-0.15, -0.1) is 0 Å². The second-order valence-electron chi connectivity index (χ2n) is 5.69. The van der Waals surface area contributed by atoms with E-state index < -0.39 is 35.9 Å². The molecule has 27 heavy (non-hydrogen) atoms. The molecule has 1 heterocycles. The van der Waals surface area contributed by atoms with Crippen molar-refractivity contribution in [3.8, 4) is 5.75 Å². The van der Waals surface area contributed by atoms with Crippen molar-refractivity contribution in [3.63, 3.8) is 0 Å². The number of hydrogen-bond donors (Lipinski definition) is 3. The van der Waals surface area contributed by atoms with Crippen molar-refractivity contribution in [2.24, 2.45) is 0 Å². The Morgan fingerprint density at radius 1 is 1.19 bits per heavy atom. The third-order valence-electron chi connectivity index (χ3n) is 3.59. The van der Waals surface area contributed by atoms with Crippen LogP contribution in [-0.2, 0) is 23.8 Å². The van der Waals surface area contributed by atoms with E-state index in [9.17, 15) is 27.9 Å². The summed E-state index contributed by atoms with van der Waals surface area (Å²) in [5.41, 5.74) is -0.697. The van der Waals surface area contributed by atoms with Crippen molar-refractivity contribution in [1.29, 1.82) is 0 Å². The molecule has 144 valence electrons. The van der Waals surface area contributed by atoms with Gasteiger partial charge in [-0.2, -0.15) is 13.2 Å². The van der Waals surface area contributed by atoms with Crippen molar-refractivity contribution in [2.75, 3.05) is 6.54 Å². The molecule has 0 atom stereocenters. The van der Waals surface area contributed by atoms with Crippen LogP contribution >= 0.6 is 0 Å². The van der Waals surface area contributed by atoms with Crippen molar-refractivity contribution in [3.05, 3.63) is 52.6 Å². The van der Waals surface area contributed by atoms with Crippen LogP contribution in [-0.4, -0.2) is 38.6 Å². The topological polar surface area (TPSA) is 112 Å². The van der Waals surface area contributed by atoms with Gasteiger partial charge in [0.1, 0.15) is 12.4 Å². The Morgan fingerprint density at radius 3 is 2.52 bits per heavy atom. The molecular weight excluding hydrogens is 367 g/mol. The molecule has 0 aliphatic carbocycles. The van der Waals surface area contributed by atoms with Crippen LogP contribution in [0.5, 0.6) is 5.75 Å². The Kier molecular flexibility index (Phi) is 5.98. The Morgan fingerprint density at radius 2 is 1.89 bits per heavy atom. The van der Waals surface area contributed by atoms with Crippen LogP contribution in [0.15, 0.2) is 24.3 Å². The predicted octanol–water partition coefficient (Wildman–Crippen LogP) is 2.11. The Hall–Kier alpha value is -3.17. The van der Waals surface area contributed by atoms with Crippen LogP contribution in [0.1, 0.15) is 33.1 Å². The van der Waals surface area contributed by atoms with Gasteiger partial charge in [0.05, 0.1) is 11.3 Å². The number of nitrogens with zero attached hydrogens (tertiary/aromatic N) is 2. The van der Waals surface area contributed by atoms with E-state index in [2.05, 4.69) is 15.3 Å². The van der Waals surface area contributed by atoms with Gasteiger partial charge in [0.25, 0.3) is 5.91 Å². The number of carboxylic acid groups (broad SMARTS) is 1. The lowest BCUT2D eigenvalue weighted by atomic mass is 10.0. The molecule has 3 N–H and O–H groups in total. The minimum absolute atomic E-state index is 0.0652. The van der Waals surface area contributed by atoms with Crippen LogP contribution in [0.2, 0.25) is 0 Å². The molecule has 0 unspecified atom stereocenters. The van der Waals surface area contributed by atoms with Gasteiger partial charge in [0, 0.05) is 0 Å². The number of alkyl halides is 3. The van der Waals surface area contributed by atoms with E-state index in [0.717, 1.165) is 12.1 Å². The molecule has 1 amide bonds. The van der Waals surface area contributed by atoms with E-state index >= 15 is 0 Å². The fourth-order valence-corrected chi connectivity index (χ4v) is 2.36. The molecule has 0 radical (unpaired) electrons. The number of nitrogens with one attached hydrogen (secondary N) is 1. The summed E-state index contributed by atoms with van der Waals surface area (Å²) in [5, 5.41) is 20.9. The van der Waals surface area contributed by atoms with Crippen LogP contribution in [0.3, 0.4) is 0 Å². The Bertz CT molecular complexity index is 869. The number of aromatic nitrogens is 2. The number of carbonyl (C=O) groups excluding carboxylic acids is 1. The maximum atomic E-state index is 12.8. The maximum Gasteiger partial charge on any atom is 0.416 e. The van der Waals surface area contributed by atoms with E-state index in [1.807, 2.05) is 0 Å². The van der Waals surface area contributed by atoms with Gasteiger partial charge in [-0.25, -0.2) is 9.97 Å². The lowest BCUT2D eigenvalue weighted by Crippen LogP contribution is -2.30. The number of hydrogen-bond acceptors (Lipinski definition) is 5. The molecule has 1 aromatic heterocycles. The number of aryl methyl sites for hydroxylation is 3. The standard InChI is InChI=1S/C17H16F3N3O4/c1-9-22-12(15(26)14(23-9)16(27)21-8-13(24)25)6-5-10-3-2-4-11(7-10)17(18,19)20/h2-4,7,26H,5-6,8H2,1H3,(H,21,27)(H,24,25). The average Bonchev–Trinajstić information content (AvgIpc) is 2.59. The van der Waals surface area contributed by atoms with Crippen LogP contribution in [0, 0.1) is 6.92 Å². The minimum Gasteiger partial charge on any atom is -0.504 e. The quantitative estimate of drug-likeness (QED) is 0.704. The lowest BCUT2D eigenvalue weighted by molar-refractivity contribution is -0.138. The molecule has 2 aromatic rings. The molecule has 10 heteroatoms. The monoisotopic (exact) mass is 383 g/mol. The molecule has 0 bridgehead atoms. The van der Waals surface area contributed by atoms with Crippen LogP contribution < -0.4 is 5.32 Å². The summed E-state index contributed by atoms with van der Waals surface area (Å²) in [4.78, 5) is 30.3. The summed E-state index contributed by atoms with van der Waals surface area (Å²) in [6.45, 7) is 0.822. The first-order valence-electron chi connectivity index (χ1n) is 7.80. The molecule has 0 fully saturated rings. The van der Waals surface area contributed by atoms with Gasteiger partial charge in [0.15, 0.2) is 11.4 Å². The van der Waals surface area contributed by atoms with Gasteiger partial charge >= 0.3 is 12.1 Å². The zero-order valence-corrected chi connectivity index (χ0v) is 14.2. The zero-order valence-electron chi connectivity index (χ0n) is 14.2. The number of carboxylic acids is 1. The molecule has 0 spiro atoms. The first kappa shape index (κ1) is 20.1. The van der Waals surface area contributed by atoms with Gasteiger partial charge < -0.3 is 15.5 Å². The zero-order chi connectivity index (χ0) is 20.2. The lowest BCUT2D eigenvalue weighted by Gasteiger charge is -2.11. The third-order valence-corrected chi connectivity index (χ3v) is 3.59. The van der Waals surface area contributed by atoms with E-state index in [-0.39, 0.29) is 30.1 Å². The van der Waals surface area contributed by atoms with Crippen molar-refractivity contribution in [1.82, 2.24) is 15.3 Å². The normalized spacial score (nSPS) is 11.3. The van der Waals surface area contributed by atoms with Gasteiger partial charge in [-0.05, 0) is 31.4 Å². The molecule has 0 saturated heterocycles. The predicted molar refractivity (Wildman–Crippen MR) is 87.3 cm³/mol. The van der Waals surface area contributed by atoms with Crippen molar-refractivity contribution < 1.29 is 33.0 Å². The highest BCUT2D eigenvalue weighted by Crippen LogP contribution is 2.30. The largest absolute Gasteiger partial charge is 0.504 e. The molecule has 2 rings (SSSR count). The minimum atomic E-state index is -4.46. The summed E-state index contributed by atoms with van der Waals surface area (Å²) in [6, 6.07) is 4.76. The number of amides is 1. The van der Waals surface area contributed by atoms with Crippen molar-refractivity contribution >= 4 is 11.9 Å². The number of carbonyl (C=O) groups is 2. The molecule has 0 aliphatic heterocycles. The summed E-state index contributed by atoms with van der Waals surface area (Å²) < 4.78 is 38.3. The summed E-state index contributed by atoms with van der Waals surface area (Å²) in [7, 11) is 0. The molecule has 7 nitrogen and oxygen atoms in total. The SMILES string of the molecule is Cc1nc(CCc2cccc(C(F)(F)F)c2)c(O)c(C(=O)NCC(=O)O)n1. The fourth-order valence-electron chi connectivity index (χ4n) is 2.36. The molecule has 0 saturated carbocycles. The van der Waals surface area contributed by atoms with E-state index in [1.165, 1.54) is 19.1 Å². The first-order valence-corrected chi connectivity index (χ1v) is 7.80. The summed E-state index contributed by atoms with van der Waals surface area (Å²) in [5.74, 6) is -2.53. The molecular formula is C17H16F3N3O4. The maximum absolute atomic E-state index is 12.8. The highest BCUT2D eigenvalue weighted by Gasteiger charge is 2.30. The highest BCUT2D eigenvalue weighted by atomic mass is 19.4. The number of benzene rings is 1. The molecule has 1 aromatic carbocycles. The fraction of sp³-hybridized carbons (Fsp3) is 0.294. The third kappa shape index (κ3) is 5.40. The second kappa shape index (κ2) is 8.02. The van der Waals surface area contributed by atoms with E-state index in [4.69, 9.17) is 5.11 Å².